The third-order valence-corrected chi connectivity index (χ3v) is 3.27. The fraction of sp³-hybridized carbons (Fsp3) is 0.300. The number of carbonyl (C=O) groups is 1. The van der Waals surface area contributed by atoms with Crippen molar-refractivity contribution in [1.29, 1.82) is 0 Å². The summed E-state index contributed by atoms with van der Waals surface area (Å²) in [6, 6.07) is 6.91. The van der Waals surface area contributed by atoms with Crippen LogP contribution in [-0.2, 0) is 14.8 Å². The number of sulfonamides is 1. The van der Waals surface area contributed by atoms with Gasteiger partial charge in [0, 0.05) is 0 Å². The molecule has 0 aliphatic carbocycles. The number of nitrogens with one attached hydrogen (secondary N) is 1. The van der Waals surface area contributed by atoms with Crippen molar-refractivity contribution in [3.05, 3.63) is 29.8 Å². The van der Waals surface area contributed by atoms with E-state index in [9.17, 15) is 13.2 Å². The molecular weight excluding hydrogens is 230 g/mol. The lowest BCUT2D eigenvalue weighted by molar-refractivity contribution is -0.136. The van der Waals surface area contributed by atoms with E-state index >= 15 is 0 Å². The summed E-state index contributed by atoms with van der Waals surface area (Å²) in [5, 5.41) is 8.41. The fourth-order valence-electron chi connectivity index (χ4n) is 1.13. The summed E-state index contributed by atoms with van der Waals surface area (Å²) in [6.07, 6.45) is -0.402. The lowest BCUT2D eigenvalue weighted by Crippen LogP contribution is -2.19. The highest BCUT2D eigenvalue weighted by Gasteiger charge is 2.13. The van der Waals surface area contributed by atoms with Crippen LogP contribution in [0.2, 0.25) is 0 Å². The van der Waals surface area contributed by atoms with Crippen molar-refractivity contribution in [1.82, 2.24) is 0 Å². The Morgan fingerprint density at radius 3 is 2.56 bits per heavy atom. The van der Waals surface area contributed by atoms with E-state index in [0.29, 0.717) is 5.69 Å². The standard InChI is InChI=1S/C10H13NO4S/c1-8-4-2-3-5-9(8)11-16(14,15)7-6-10(12)13/h2-5,11H,6-7H2,1H3,(H,12,13). The van der Waals surface area contributed by atoms with Crippen LogP contribution in [0.25, 0.3) is 0 Å². The van der Waals surface area contributed by atoms with Gasteiger partial charge in [0.25, 0.3) is 0 Å². The average Bonchev–Trinajstić information content (AvgIpc) is 2.19. The Hall–Kier alpha value is -1.56. The van der Waals surface area contributed by atoms with Gasteiger partial charge in [0.1, 0.15) is 0 Å². The van der Waals surface area contributed by atoms with Crippen molar-refractivity contribution < 1.29 is 18.3 Å². The lowest BCUT2D eigenvalue weighted by atomic mass is 10.2. The average molecular weight is 243 g/mol. The van der Waals surface area contributed by atoms with Crippen LogP contribution in [-0.4, -0.2) is 25.2 Å². The van der Waals surface area contributed by atoms with Gasteiger partial charge >= 0.3 is 5.97 Å². The van der Waals surface area contributed by atoms with Crippen molar-refractivity contribution >= 4 is 21.7 Å². The number of hydrogen-bond donors (Lipinski definition) is 2. The molecule has 6 heteroatoms. The van der Waals surface area contributed by atoms with Gasteiger partial charge < -0.3 is 5.11 Å². The summed E-state index contributed by atoms with van der Waals surface area (Å²) in [4.78, 5) is 10.3. The van der Waals surface area contributed by atoms with E-state index in [2.05, 4.69) is 4.72 Å². The SMILES string of the molecule is Cc1ccccc1NS(=O)(=O)CCC(=O)O. The number of benzene rings is 1. The Morgan fingerprint density at radius 2 is 2.00 bits per heavy atom. The van der Waals surface area contributed by atoms with E-state index in [-0.39, 0.29) is 0 Å². The van der Waals surface area contributed by atoms with Gasteiger partial charge in [0.2, 0.25) is 10.0 Å². The van der Waals surface area contributed by atoms with Crippen LogP contribution in [0.5, 0.6) is 0 Å². The van der Waals surface area contributed by atoms with Crippen LogP contribution in [0, 0.1) is 6.92 Å². The molecule has 0 aliphatic heterocycles. The monoisotopic (exact) mass is 243 g/mol. The van der Waals surface area contributed by atoms with Crippen LogP contribution in [0.1, 0.15) is 12.0 Å². The summed E-state index contributed by atoms with van der Waals surface area (Å²) in [5.41, 5.74) is 1.27. The predicted octanol–water partition coefficient (Wildman–Crippen LogP) is 1.21. The Kier molecular flexibility index (Phi) is 3.89. The molecule has 0 atom stereocenters. The van der Waals surface area contributed by atoms with Gasteiger partial charge in [-0.15, -0.1) is 0 Å². The molecule has 0 aliphatic rings. The molecule has 1 aromatic carbocycles. The van der Waals surface area contributed by atoms with Gasteiger partial charge in [-0.05, 0) is 18.6 Å². The Balaban J connectivity index is 2.73. The highest BCUT2D eigenvalue weighted by molar-refractivity contribution is 7.92. The quantitative estimate of drug-likeness (QED) is 0.814. The van der Waals surface area contributed by atoms with Crippen molar-refractivity contribution in [3.63, 3.8) is 0 Å². The van der Waals surface area contributed by atoms with E-state index in [4.69, 9.17) is 5.11 Å². The van der Waals surface area contributed by atoms with E-state index in [1.54, 1.807) is 31.2 Å². The number of aryl methyl sites for hydroxylation is 1. The maximum atomic E-state index is 11.5. The molecule has 1 rings (SSSR count). The Morgan fingerprint density at radius 1 is 1.38 bits per heavy atom. The number of para-hydroxylation sites is 1. The fourth-order valence-corrected chi connectivity index (χ4v) is 2.24. The van der Waals surface area contributed by atoms with Crippen LogP contribution in [0.4, 0.5) is 5.69 Å². The zero-order chi connectivity index (χ0) is 12.2. The first-order valence-corrected chi connectivity index (χ1v) is 6.34. The van der Waals surface area contributed by atoms with Crippen molar-refractivity contribution in [2.24, 2.45) is 0 Å². The molecule has 5 nitrogen and oxygen atoms in total. The van der Waals surface area contributed by atoms with Gasteiger partial charge in [-0.3, -0.25) is 9.52 Å². The molecule has 2 N–H and O–H groups in total. The summed E-state index contributed by atoms with van der Waals surface area (Å²) < 4.78 is 25.3. The first kappa shape index (κ1) is 12.5. The number of carboxylic acids is 1. The molecule has 0 saturated carbocycles. The number of anilines is 1. The highest BCUT2D eigenvalue weighted by atomic mass is 32.2. The predicted molar refractivity (Wildman–Crippen MR) is 60.8 cm³/mol. The second kappa shape index (κ2) is 4.98. The molecule has 0 spiro atoms. The molecule has 0 amide bonds. The molecule has 0 heterocycles. The van der Waals surface area contributed by atoms with Crippen molar-refractivity contribution in [2.45, 2.75) is 13.3 Å². The maximum Gasteiger partial charge on any atom is 0.304 e. The molecule has 0 bridgehead atoms. The molecule has 16 heavy (non-hydrogen) atoms. The lowest BCUT2D eigenvalue weighted by Gasteiger charge is -2.09. The van der Waals surface area contributed by atoms with Crippen molar-refractivity contribution in [3.8, 4) is 0 Å². The molecular formula is C10H13NO4S. The van der Waals surface area contributed by atoms with Crippen LogP contribution in [0.15, 0.2) is 24.3 Å². The smallest absolute Gasteiger partial charge is 0.304 e. The third kappa shape index (κ3) is 3.90. The van der Waals surface area contributed by atoms with E-state index in [1.807, 2.05) is 0 Å². The zero-order valence-electron chi connectivity index (χ0n) is 8.80. The molecule has 0 unspecified atom stereocenters. The Bertz CT molecular complexity index is 481. The van der Waals surface area contributed by atoms with E-state index < -0.39 is 28.2 Å². The first-order chi connectivity index (χ1) is 7.41. The molecule has 0 fully saturated rings. The molecule has 1 aromatic rings. The van der Waals surface area contributed by atoms with Gasteiger partial charge in [0.05, 0.1) is 17.9 Å². The van der Waals surface area contributed by atoms with Crippen LogP contribution >= 0.6 is 0 Å². The van der Waals surface area contributed by atoms with Gasteiger partial charge in [-0.2, -0.15) is 0 Å². The minimum Gasteiger partial charge on any atom is -0.481 e. The Labute approximate surface area is 94.2 Å². The number of hydrogen-bond acceptors (Lipinski definition) is 3. The second-order valence-electron chi connectivity index (χ2n) is 3.38. The molecule has 0 saturated heterocycles. The van der Waals surface area contributed by atoms with Crippen molar-refractivity contribution in [2.75, 3.05) is 10.5 Å². The summed E-state index contributed by atoms with van der Waals surface area (Å²) >= 11 is 0. The van der Waals surface area contributed by atoms with Crippen LogP contribution < -0.4 is 4.72 Å². The first-order valence-electron chi connectivity index (χ1n) is 4.68. The maximum absolute atomic E-state index is 11.5. The van der Waals surface area contributed by atoms with Gasteiger partial charge in [0.15, 0.2) is 0 Å². The molecule has 88 valence electrons. The minimum atomic E-state index is -3.58. The number of rotatable bonds is 5. The summed E-state index contributed by atoms with van der Waals surface area (Å²) in [6.45, 7) is 1.77. The van der Waals surface area contributed by atoms with E-state index in [0.717, 1.165) is 5.56 Å². The third-order valence-electron chi connectivity index (χ3n) is 2.00. The minimum absolute atomic E-state index is 0.402. The topological polar surface area (TPSA) is 83.5 Å². The molecule has 0 aromatic heterocycles. The van der Waals surface area contributed by atoms with Gasteiger partial charge in [-0.25, -0.2) is 8.42 Å². The molecule has 0 radical (unpaired) electrons. The zero-order valence-corrected chi connectivity index (χ0v) is 9.62. The number of aliphatic carboxylic acids is 1. The normalized spacial score (nSPS) is 11.1. The highest BCUT2D eigenvalue weighted by Crippen LogP contribution is 2.15. The van der Waals surface area contributed by atoms with Crippen LogP contribution in [0.3, 0.4) is 0 Å². The van der Waals surface area contributed by atoms with Gasteiger partial charge in [-0.1, -0.05) is 18.2 Å². The number of carboxylic acid groups (broad SMARTS) is 1. The summed E-state index contributed by atoms with van der Waals surface area (Å²) in [7, 11) is -3.58. The largest absolute Gasteiger partial charge is 0.481 e. The van der Waals surface area contributed by atoms with E-state index in [1.165, 1.54) is 0 Å². The second-order valence-corrected chi connectivity index (χ2v) is 5.22. The summed E-state index contributed by atoms with van der Waals surface area (Å²) in [5.74, 6) is -1.55.